The van der Waals surface area contributed by atoms with E-state index in [4.69, 9.17) is 16.7 Å². The normalized spacial score (nSPS) is 16.4. The number of rotatable bonds is 4. The molecule has 19 heavy (non-hydrogen) atoms. The van der Waals surface area contributed by atoms with Gasteiger partial charge in [-0.25, -0.2) is 4.79 Å². The lowest BCUT2D eigenvalue weighted by Gasteiger charge is -2.36. The number of carboxylic acids is 1. The van der Waals surface area contributed by atoms with Crippen LogP contribution in [0.15, 0.2) is 36.4 Å². The molecule has 1 aliphatic heterocycles. The van der Waals surface area contributed by atoms with Gasteiger partial charge in [0, 0.05) is 49.0 Å². The van der Waals surface area contributed by atoms with Crippen LogP contribution in [0.3, 0.4) is 0 Å². The quantitative estimate of drug-likeness (QED) is 0.858. The van der Waals surface area contributed by atoms with Gasteiger partial charge in [0.05, 0.1) is 0 Å². The number of benzene rings is 1. The molecule has 102 valence electrons. The van der Waals surface area contributed by atoms with Crippen molar-refractivity contribution in [2.75, 3.05) is 37.6 Å². The number of halogens is 1. The molecule has 4 nitrogen and oxygen atoms in total. The van der Waals surface area contributed by atoms with Gasteiger partial charge in [-0.3, -0.25) is 4.90 Å². The second-order valence-corrected chi connectivity index (χ2v) is 5.08. The van der Waals surface area contributed by atoms with Crippen molar-refractivity contribution in [3.05, 3.63) is 41.4 Å². The minimum Gasteiger partial charge on any atom is -0.478 e. The van der Waals surface area contributed by atoms with Crippen LogP contribution in [-0.2, 0) is 4.79 Å². The zero-order valence-corrected chi connectivity index (χ0v) is 11.4. The van der Waals surface area contributed by atoms with Crippen molar-refractivity contribution in [1.82, 2.24) is 4.90 Å². The Morgan fingerprint density at radius 1 is 1.21 bits per heavy atom. The molecule has 0 aliphatic carbocycles. The van der Waals surface area contributed by atoms with Crippen LogP contribution < -0.4 is 4.90 Å². The molecule has 0 spiro atoms. The first-order chi connectivity index (χ1) is 9.06. The van der Waals surface area contributed by atoms with Crippen LogP contribution in [0, 0.1) is 0 Å². The monoisotopic (exact) mass is 280 g/mol. The average Bonchev–Trinajstić information content (AvgIpc) is 2.40. The summed E-state index contributed by atoms with van der Waals surface area (Å²) in [6.45, 7) is 7.45. The lowest BCUT2D eigenvalue weighted by molar-refractivity contribution is -0.132. The summed E-state index contributed by atoms with van der Waals surface area (Å²) in [5.74, 6) is -0.917. The third-order valence-corrected chi connectivity index (χ3v) is 3.53. The number of nitrogens with zero attached hydrogens (tertiary/aromatic N) is 2. The highest BCUT2D eigenvalue weighted by atomic mass is 35.5. The molecule has 5 heteroatoms. The van der Waals surface area contributed by atoms with Gasteiger partial charge < -0.3 is 10.0 Å². The lowest BCUT2D eigenvalue weighted by atomic mass is 10.2. The van der Waals surface area contributed by atoms with E-state index in [-0.39, 0.29) is 5.57 Å². The van der Waals surface area contributed by atoms with Crippen molar-refractivity contribution < 1.29 is 9.90 Å². The molecule has 1 aliphatic rings. The van der Waals surface area contributed by atoms with Crippen molar-refractivity contribution in [3.8, 4) is 0 Å². The molecule has 1 N–H and O–H groups in total. The Morgan fingerprint density at radius 2 is 1.79 bits per heavy atom. The fraction of sp³-hybridized carbons (Fsp3) is 0.357. The summed E-state index contributed by atoms with van der Waals surface area (Å²) in [7, 11) is 0. The molecule has 0 aromatic heterocycles. The van der Waals surface area contributed by atoms with Gasteiger partial charge in [0.2, 0.25) is 0 Å². The van der Waals surface area contributed by atoms with Gasteiger partial charge in [-0.2, -0.15) is 0 Å². The molecule has 1 saturated heterocycles. The smallest absolute Gasteiger partial charge is 0.332 e. The molecule has 2 rings (SSSR count). The Kier molecular flexibility index (Phi) is 4.45. The first-order valence-corrected chi connectivity index (χ1v) is 6.58. The molecular weight excluding hydrogens is 264 g/mol. The van der Waals surface area contributed by atoms with Gasteiger partial charge in [0.15, 0.2) is 0 Å². The van der Waals surface area contributed by atoms with Gasteiger partial charge in [-0.15, -0.1) is 0 Å². The van der Waals surface area contributed by atoms with Crippen molar-refractivity contribution in [2.45, 2.75) is 0 Å². The zero-order chi connectivity index (χ0) is 13.8. The van der Waals surface area contributed by atoms with E-state index in [0.29, 0.717) is 6.54 Å². The van der Waals surface area contributed by atoms with E-state index < -0.39 is 5.97 Å². The Morgan fingerprint density at radius 3 is 2.32 bits per heavy atom. The van der Waals surface area contributed by atoms with E-state index in [1.165, 1.54) is 0 Å². The fourth-order valence-corrected chi connectivity index (χ4v) is 2.28. The summed E-state index contributed by atoms with van der Waals surface area (Å²) in [5.41, 5.74) is 1.40. The van der Waals surface area contributed by atoms with Crippen LogP contribution in [-0.4, -0.2) is 48.7 Å². The molecule has 0 radical (unpaired) electrons. The van der Waals surface area contributed by atoms with Gasteiger partial charge >= 0.3 is 5.97 Å². The summed E-state index contributed by atoms with van der Waals surface area (Å²) in [6.07, 6.45) is 0. The highest BCUT2D eigenvalue weighted by Gasteiger charge is 2.19. The second-order valence-electron chi connectivity index (χ2n) is 4.65. The molecule has 0 saturated carbocycles. The maximum absolute atomic E-state index is 10.7. The van der Waals surface area contributed by atoms with Gasteiger partial charge in [-0.1, -0.05) is 18.2 Å². The Hall–Kier alpha value is -1.52. The number of hydrogen-bond donors (Lipinski definition) is 1. The van der Waals surface area contributed by atoms with Crippen molar-refractivity contribution in [1.29, 1.82) is 0 Å². The average molecular weight is 281 g/mol. The van der Waals surface area contributed by atoms with Crippen LogP contribution in [0.2, 0.25) is 5.02 Å². The summed E-state index contributed by atoms with van der Waals surface area (Å²) in [4.78, 5) is 15.1. The topological polar surface area (TPSA) is 43.8 Å². The second kappa shape index (κ2) is 6.08. The summed E-state index contributed by atoms with van der Waals surface area (Å²) in [6, 6.07) is 7.79. The number of aliphatic carboxylic acids is 1. The van der Waals surface area contributed by atoms with E-state index >= 15 is 0 Å². The molecule has 0 amide bonds. The number of piperazine rings is 1. The Labute approximate surface area is 117 Å². The van der Waals surface area contributed by atoms with E-state index in [0.717, 1.165) is 36.9 Å². The maximum Gasteiger partial charge on any atom is 0.332 e. The van der Waals surface area contributed by atoms with E-state index in [1.807, 2.05) is 24.3 Å². The minimum atomic E-state index is -0.917. The summed E-state index contributed by atoms with van der Waals surface area (Å²) >= 11 is 5.87. The number of carbonyl (C=O) groups is 1. The summed E-state index contributed by atoms with van der Waals surface area (Å²) < 4.78 is 0. The third kappa shape index (κ3) is 3.72. The predicted molar refractivity (Wildman–Crippen MR) is 76.9 cm³/mol. The van der Waals surface area contributed by atoms with Crippen LogP contribution in [0.5, 0.6) is 0 Å². The third-order valence-electron chi connectivity index (χ3n) is 3.28. The zero-order valence-electron chi connectivity index (χ0n) is 10.7. The largest absolute Gasteiger partial charge is 0.478 e. The molecule has 0 bridgehead atoms. The first kappa shape index (κ1) is 13.9. The van der Waals surface area contributed by atoms with Crippen molar-refractivity contribution >= 4 is 23.3 Å². The van der Waals surface area contributed by atoms with Crippen LogP contribution in [0.1, 0.15) is 0 Å². The van der Waals surface area contributed by atoms with Crippen LogP contribution in [0.4, 0.5) is 5.69 Å². The SMILES string of the molecule is C=C(CN1CCN(c2ccc(Cl)cc2)CC1)C(=O)O. The molecular formula is C14H17ClN2O2. The van der Waals surface area contributed by atoms with E-state index in [9.17, 15) is 4.79 Å². The first-order valence-electron chi connectivity index (χ1n) is 6.20. The predicted octanol–water partition coefficient (Wildman–Crippen LogP) is 2.10. The molecule has 1 heterocycles. The lowest BCUT2D eigenvalue weighted by Crippen LogP contribution is -2.47. The number of hydrogen-bond acceptors (Lipinski definition) is 3. The Bertz CT molecular complexity index is 465. The van der Waals surface area contributed by atoms with Gasteiger partial charge in [0.1, 0.15) is 0 Å². The maximum atomic E-state index is 10.7. The van der Waals surface area contributed by atoms with Gasteiger partial charge in [-0.05, 0) is 24.3 Å². The fourth-order valence-electron chi connectivity index (χ4n) is 2.15. The number of anilines is 1. The van der Waals surface area contributed by atoms with E-state index in [1.54, 1.807) is 0 Å². The van der Waals surface area contributed by atoms with Gasteiger partial charge in [0.25, 0.3) is 0 Å². The highest BCUT2D eigenvalue weighted by molar-refractivity contribution is 6.30. The molecule has 1 aromatic rings. The van der Waals surface area contributed by atoms with E-state index in [2.05, 4.69) is 16.4 Å². The standard InChI is InChI=1S/C14H17ClN2O2/c1-11(14(18)19)10-16-6-8-17(9-7-16)13-4-2-12(15)3-5-13/h2-5H,1,6-10H2,(H,18,19). The molecule has 1 fully saturated rings. The van der Waals surface area contributed by atoms with Crippen molar-refractivity contribution in [3.63, 3.8) is 0 Å². The molecule has 0 atom stereocenters. The highest BCUT2D eigenvalue weighted by Crippen LogP contribution is 2.19. The minimum absolute atomic E-state index is 0.250. The Balaban J connectivity index is 1.87. The summed E-state index contributed by atoms with van der Waals surface area (Å²) in [5, 5.41) is 9.56. The van der Waals surface area contributed by atoms with Crippen molar-refractivity contribution in [2.24, 2.45) is 0 Å². The molecule has 0 unspecified atom stereocenters. The van der Waals surface area contributed by atoms with Crippen LogP contribution >= 0.6 is 11.6 Å². The number of carboxylic acid groups (broad SMARTS) is 1. The van der Waals surface area contributed by atoms with Crippen LogP contribution in [0.25, 0.3) is 0 Å². The molecule has 1 aromatic carbocycles.